The molecule has 6 heteroatoms. The molecule has 2 rings (SSSR count). The third kappa shape index (κ3) is 2.52. The summed E-state index contributed by atoms with van der Waals surface area (Å²) in [7, 11) is 1.30. The quantitative estimate of drug-likeness (QED) is 0.618. The molecule has 1 heterocycles. The molecule has 1 saturated heterocycles. The van der Waals surface area contributed by atoms with E-state index in [4.69, 9.17) is 16.3 Å². The second-order valence-corrected chi connectivity index (χ2v) is 5.69. The van der Waals surface area contributed by atoms with E-state index in [0.717, 1.165) is 0 Å². The highest BCUT2D eigenvalue weighted by atomic mass is 79.9. The number of carbonyl (C=O) groups excluding carboxylic acids is 2. The Labute approximate surface area is 118 Å². The second kappa shape index (κ2) is 5.28. The van der Waals surface area contributed by atoms with Crippen LogP contribution in [-0.4, -0.2) is 30.4 Å². The van der Waals surface area contributed by atoms with E-state index in [1.807, 2.05) is 0 Å². The van der Waals surface area contributed by atoms with Crippen LogP contribution >= 0.6 is 27.5 Å². The zero-order chi connectivity index (χ0) is 13.3. The molecule has 1 amide bonds. The van der Waals surface area contributed by atoms with Crippen molar-refractivity contribution in [2.45, 2.75) is 11.2 Å². The molecule has 0 radical (unpaired) electrons. The molecule has 1 unspecified atom stereocenters. The molecule has 1 aliphatic rings. The molecule has 18 heavy (non-hydrogen) atoms. The Hall–Kier alpha value is -1.07. The number of carbonyl (C=O) groups is 2. The average Bonchev–Trinajstić information content (AvgIpc) is 2.67. The van der Waals surface area contributed by atoms with Crippen molar-refractivity contribution in [3.8, 4) is 0 Å². The van der Waals surface area contributed by atoms with E-state index >= 15 is 0 Å². The first kappa shape index (κ1) is 13.4. The zero-order valence-corrected chi connectivity index (χ0v) is 12.0. The summed E-state index contributed by atoms with van der Waals surface area (Å²) < 4.78 is 4.71. The first-order valence-electron chi connectivity index (χ1n) is 5.35. The topological polar surface area (TPSA) is 46.6 Å². The van der Waals surface area contributed by atoms with E-state index in [2.05, 4.69) is 15.9 Å². The molecule has 1 fully saturated rings. The number of anilines is 1. The molecule has 0 N–H and O–H groups in total. The fraction of sp³-hybridized carbons (Fsp3) is 0.333. The molecule has 1 aliphatic heterocycles. The highest BCUT2D eigenvalue weighted by Crippen LogP contribution is 2.30. The summed E-state index contributed by atoms with van der Waals surface area (Å²) in [6.45, 7) is 0.532. The lowest BCUT2D eigenvalue weighted by Crippen LogP contribution is -2.26. The largest absolute Gasteiger partial charge is 0.465 e. The smallest absolute Gasteiger partial charge is 0.340 e. The van der Waals surface area contributed by atoms with Crippen molar-refractivity contribution in [2.75, 3.05) is 18.6 Å². The first-order chi connectivity index (χ1) is 8.52. The van der Waals surface area contributed by atoms with Crippen molar-refractivity contribution in [3.63, 3.8) is 0 Å². The molecule has 0 aromatic heterocycles. The van der Waals surface area contributed by atoms with Crippen LogP contribution < -0.4 is 4.90 Å². The second-order valence-electron chi connectivity index (χ2n) is 3.96. The normalized spacial score (nSPS) is 19.2. The molecule has 1 aromatic carbocycles. The first-order valence-corrected chi connectivity index (χ1v) is 6.64. The van der Waals surface area contributed by atoms with Gasteiger partial charge >= 0.3 is 5.97 Å². The van der Waals surface area contributed by atoms with E-state index in [0.29, 0.717) is 29.2 Å². The fourth-order valence-electron chi connectivity index (χ4n) is 1.91. The van der Waals surface area contributed by atoms with Gasteiger partial charge in [0.25, 0.3) is 0 Å². The van der Waals surface area contributed by atoms with Crippen LogP contribution in [0.25, 0.3) is 0 Å². The molecule has 0 bridgehead atoms. The minimum absolute atomic E-state index is 0.0237. The van der Waals surface area contributed by atoms with Gasteiger partial charge in [-0.3, -0.25) is 4.79 Å². The number of methoxy groups -OCH3 is 1. The Bertz CT molecular complexity index is 506. The molecule has 96 valence electrons. The number of esters is 1. The average molecular weight is 333 g/mol. The number of hydrogen-bond acceptors (Lipinski definition) is 3. The van der Waals surface area contributed by atoms with E-state index in [1.54, 1.807) is 17.0 Å². The van der Waals surface area contributed by atoms with Crippen LogP contribution in [0, 0.1) is 0 Å². The zero-order valence-electron chi connectivity index (χ0n) is 9.65. The number of halogens is 2. The minimum atomic E-state index is -0.502. The highest BCUT2D eigenvalue weighted by molar-refractivity contribution is 9.09. The number of alkyl halides is 1. The van der Waals surface area contributed by atoms with Crippen LogP contribution in [0.15, 0.2) is 18.2 Å². The Balaban J connectivity index is 2.44. The maximum Gasteiger partial charge on any atom is 0.340 e. The summed E-state index contributed by atoms with van der Waals surface area (Å²) >= 11 is 9.27. The number of amides is 1. The lowest BCUT2D eigenvalue weighted by molar-refractivity contribution is -0.117. The number of benzene rings is 1. The molecule has 1 atom stereocenters. The van der Waals surface area contributed by atoms with Gasteiger partial charge in [-0.05, 0) is 18.2 Å². The van der Waals surface area contributed by atoms with Gasteiger partial charge in [0, 0.05) is 22.8 Å². The summed E-state index contributed by atoms with van der Waals surface area (Å²) in [6, 6.07) is 4.83. The third-order valence-corrected chi connectivity index (χ3v) is 3.58. The number of hydrogen-bond donors (Lipinski definition) is 0. The van der Waals surface area contributed by atoms with Gasteiger partial charge in [-0.15, -0.1) is 0 Å². The van der Waals surface area contributed by atoms with Gasteiger partial charge in [0.1, 0.15) is 0 Å². The molecule has 0 spiro atoms. The van der Waals surface area contributed by atoms with Crippen molar-refractivity contribution in [3.05, 3.63) is 28.8 Å². The van der Waals surface area contributed by atoms with E-state index in [-0.39, 0.29) is 10.7 Å². The lowest BCUT2D eigenvalue weighted by Gasteiger charge is -2.19. The molecule has 1 aromatic rings. The van der Waals surface area contributed by atoms with Crippen LogP contribution in [-0.2, 0) is 9.53 Å². The molecular formula is C12H11BrClNO3. The van der Waals surface area contributed by atoms with Crippen molar-refractivity contribution >= 4 is 45.1 Å². The van der Waals surface area contributed by atoms with Crippen molar-refractivity contribution < 1.29 is 14.3 Å². The van der Waals surface area contributed by atoms with Crippen LogP contribution in [0.5, 0.6) is 0 Å². The molecular weight excluding hydrogens is 321 g/mol. The molecule has 4 nitrogen and oxygen atoms in total. The third-order valence-electron chi connectivity index (χ3n) is 2.73. The standard InChI is InChI=1S/C12H11BrClNO3/c1-18-12(17)9-5-8(14)2-3-10(9)15-6-7(13)4-11(15)16/h2-3,5,7H,4,6H2,1H3. The summed E-state index contributed by atoms with van der Waals surface area (Å²) in [6.07, 6.45) is 0.420. The summed E-state index contributed by atoms with van der Waals surface area (Å²) in [5.41, 5.74) is 0.846. The summed E-state index contributed by atoms with van der Waals surface area (Å²) in [5, 5.41) is 0.432. The predicted octanol–water partition coefficient (Wildman–Crippen LogP) is 2.63. The maximum atomic E-state index is 11.8. The van der Waals surface area contributed by atoms with Crippen molar-refractivity contribution in [1.29, 1.82) is 0 Å². The van der Waals surface area contributed by atoms with Crippen molar-refractivity contribution in [2.24, 2.45) is 0 Å². The van der Waals surface area contributed by atoms with E-state index < -0.39 is 5.97 Å². The van der Waals surface area contributed by atoms with E-state index in [9.17, 15) is 9.59 Å². The van der Waals surface area contributed by atoms with E-state index in [1.165, 1.54) is 13.2 Å². The van der Waals surface area contributed by atoms with Gasteiger partial charge < -0.3 is 9.64 Å². The predicted molar refractivity (Wildman–Crippen MR) is 72.5 cm³/mol. The van der Waals surface area contributed by atoms with Crippen LogP contribution in [0.4, 0.5) is 5.69 Å². The van der Waals surface area contributed by atoms with Gasteiger partial charge in [-0.2, -0.15) is 0 Å². The SMILES string of the molecule is COC(=O)c1cc(Cl)ccc1N1CC(Br)CC1=O. The summed E-state index contributed by atoms with van der Waals surface area (Å²) in [5.74, 6) is -0.525. The van der Waals surface area contributed by atoms with Gasteiger partial charge in [0.2, 0.25) is 5.91 Å². The van der Waals surface area contributed by atoms with Crippen LogP contribution in [0.3, 0.4) is 0 Å². The maximum absolute atomic E-state index is 11.8. The van der Waals surface area contributed by atoms with Gasteiger partial charge in [0.15, 0.2) is 0 Å². The Kier molecular flexibility index (Phi) is 3.92. The number of ether oxygens (including phenoxy) is 1. The summed E-state index contributed by atoms with van der Waals surface area (Å²) in [4.78, 5) is 25.2. The highest BCUT2D eigenvalue weighted by Gasteiger charge is 2.31. The Morgan fingerprint density at radius 1 is 1.56 bits per heavy atom. The van der Waals surface area contributed by atoms with Crippen LogP contribution in [0.1, 0.15) is 16.8 Å². The number of rotatable bonds is 2. The van der Waals surface area contributed by atoms with Crippen LogP contribution in [0.2, 0.25) is 5.02 Å². The van der Waals surface area contributed by atoms with Gasteiger partial charge in [-0.25, -0.2) is 4.79 Å². The van der Waals surface area contributed by atoms with Gasteiger partial charge in [-0.1, -0.05) is 27.5 Å². The Morgan fingerprint density at radius 3 is 2.83 bits per heavy atom. The minimum Gasteiger partial charge on any atom is -0.465 e. The fourth-order valence-corrected chi connectivity index (χ4v) is 2.65. The lowest BCUT2D eigenvalue weighted by atomic mass is 10.1. The molecule has 0 saturated carbocycles. The Morgan fingerprint density at radius 2 is 2.28 bits per heavy atom. The monoisotopic (exact) mass is 331 g/mol. The van der Waals surface area contributed by atoms with Crippen molar-refractivity contribution in [1.82, 2.24) is 0 Å². The number of nitrogens with zero attached hydrogens (tertiary/aromatic N) is 1. The van der Waals surface area contributed by atoms with Gasteiger partial charge in [0.05, 0.1) is 18.4 Å². The molecule has 0 aliphatic carbocycles.